The van der Waals surface area contributed by atoms with Gasteiger partial charge in [0.25, 0.3) is 0 Å². The van der Waals surface area contributed by atoms with Gasteiger partial charge in [-0.1, -0.05) is 23.5 Å². The van der Waals surface area contributed by atoms with Crippen LogP contribution in [0.3, 0.4) is 0 Å². The van der Waals surface area contributed by atoms with Gasteiger partial charge in [-0.15, -0.1) is 5.10 Å². The standard InChI is InChI=1S/C17H17N7S2/c25-17-23(20-16-24(17)13-4-1-2-5-14(13)26-16)12-21-8-10-22(11-9-21)15-18-6-3-7-19-15/h1-7H,8-12H2. The van der Waals surface area contributed by atoms with Crippen LogP contribution in [0.2, 0.25) is 0 Å². The van der Waals surface area contributed by atoms with Crippen molar-refractivity contribution in [2.24, 2.45) is 0 Å². The van der Waals surface area contributed by atoms with Crippen LogP contribution in [0.4, 0.5) is 5.95 Å². The fourth-order valence-corrected chi connectivity index (χ4v) is 4.68. The molecule has 1 aliphatic rings. The van der Waals surface area contributed by atoms with Gasteiger partial charge in [-0.2, -0.15) is 0 Å². The minimum Gasteiger partial charge on any atom is -0.338 e. The zero-order chi connectivity index (χ0) is 17.5. The molecule has 132 valence electrons. The molecule has 0 bridgehead atoms. The summed E-state index contributed by atoms with van der Waals surface area (Å²) in [6, 6.07) is 10.1. The van der Waals surface area contributed by atoms with Gasteiger partial charge in [0, 0.05) is 38.6 Å². The van der Waals surface area contributed by atoms with Crippen molar-refractivity contribution in [3.63, 3.8) is 0 Å². The molecule has 4 aromatic rings. The van der Waals surface area contributed by atoms with E-state index in [4.69, 9.17) is 17.3 Å². The van der Waals surface area contributed by atoms with E-state index in [0.29, 0.717) is 6.67 Å². The van der Waals surface area contributed by atoms with E-state index in [1.165, 1.54) is 4.70 Å². The summed E-state index contributed by atoms with van der Waals surface area (Å²) in [4.78, 5) is 14.2. The van der Waals surface area contributed by atoms with Crippen LogP contribution >= 0.6 is 23.6 Å². The van der Waals surface area contributed by atoms with E-state index >= 15 is 0 Å². The second-order valence-electron chi connectivity index (χ2n) is 6.27. The third-order valence-electron chi connectivity index (χ3n) is 4.66. The van der Waals surface area contributed by atoms with E-state index in [9.17, 15) is 0 Å². The Hall–Kier alpha value is -2.36. The van der Waals surface area contributed by atoms with Crippen LogP contribution in [0.5, 0.6) is 0 Å². The van der Waals surface area contributed by atoms with Crippen LogP contribution < -0.4 is 4.90 Å². The molecule has 7 nitrogen and oxygen atoms in total. The minimum atomic E-state index is 0.713. The molecule has 0 atom stereocenters. The molecular formula is C17H17N7S2. The number of hydrogen-bond donors (Lipinski definition) is 0. The summed E-state index contributed by atoms with van der Waals surface area (Å²) in [5, 5.41) is 4.73. The second kappa shape index (κ2) is 6.42. The van der Waals surface area contributed by atoms with Crippen LogP contribution in [0.1, 0.15) is 0 Å². The molecule has 0 amide bonds. The molecule has 0 N–H and O–H groups in total. The monoisotopic (exact) mass is 383 g/mol. The van der Waals surface area contributed by atoms with Gasteiger partial charge in [0.2, 0.25) is 15.7 Å². The molecule has 0 spiro atoms. The van der Waals surface area contributed by atoms with Crippen molar-refractivity contribution < 1.29 is 0 Å². The number of benzene rings is 1. The largest absolute Gasteiger partial charge is 0.338 e. The SMILES string of the molecule is S=c1n(CN2CCN(c3ncccn3)CC2)nc2sc3ccccc3n12. The Kier molecular flexibility index (Phi) is 3.92. The van der Waals surface area contributed by atoms with Gasteiger partial charge in [-0.3, -0.25) is 9.30 Å². The van der Waals surface area contributed by atoms with Crippen molar-refractivity contribution in [2.75, 3.05) is 31.1 Å². The summed E-state index contributed by atoms with van der Waals surface area (Å²) < 4.78 is 5.97. The molecule has 0 aliphatic carbocycles. The molecule has 0 unspecified atom stereocenters. The first-order valence-corrected chi connectivity index (χ1v) is 9.73. The lowest BCUT2D eigenvalue weighted by atomic mass is 10.3. The van der Waals surface area contributed by atoms with Gasteiger partial charge in [-0.25, -0.2) is 14.6 Å². The normalized spacial score (nSPS) is 15.9. The quantitative estimate of drug-likeness (QED) is 0.507. The summed E-state index contributed by atoms with van der Waals surface area (Å²) in [5.74, 6) is 0.803. The highest BCUT2D eigenvalue weighted by molar-refractivity contribution is 7.71. The maximum absolute atomic E-state index is 5.69. The Morgan fingerprint density at radius 1 is 1.00 bits per heavy atom. The van der Waals surface area contributed by atoms with Gasteiger partial charge in [0.05, 0.1) is 16.9 Å². The summed E-state index contributed by atoms with van der Waals surface area (Å²) in [6.07, 6.45) is 3.58. The van der Waals surface area contributed by atoms with Gasteiger partial charge in [0.1, 0.15) is 0 Å². The fraction of sp³-hybridized carbons (Fsp3) is 0.294. The molecule has 1 fully saturated rings. The fourth-order valence-electron chi connectivity index (χ4n) is 3.31. The van der Waals surface area contributed by atoms with E-state index < -0.39 is 0 Å². The number of para-hydroxylation sites is 1. The molecule has 1 saturated heterocycles. The van der Waals surface area contributed by atoms with Gasteiger partial charge >= 0.3 is 0 Å². The predicted molar refractivity (Wildman–Crippen MR) is 105 cm³/mol. The number of rotatable bonds is 3. The molecule has 3 aromatic heterocycles. The van der Waals surface area contributed by atoms with Crippen LogP contribution in [0, 0.1) is 4.77 Å². The van der Waals surface area contributed by atoms with Crippen molar-refractivity contribution in [2.45, 2.75) is 6.67 Å². The van der Waals surface area contributed by atoms with E-state index in [-0.39, 0.29) is 0 Å². The van der Waals surface area contributed by atoms with Gasteiger partial charge in [-0.05, 0) is 30.4 Å². The van der Waals surface area contributed by atoms with Crippen molar-refractivity contribution in [1.29, 1.82) is 0 Å². The molecule has 1 aliphatic heterocycles. The summed E-state index contributed by atoms with van der Waals surface area (Å²) in [5.41, 5.74) is 1.13. The number of fused-ring (bicyclic) bond motifs is 3. The predicted octanol–water partition coefficient (Wildman–Crippen LogP) is 2.65. The van der Waals surface area contributed by atoms with Crippen LogP contribution in [0.15, 0.2) is 42.7 Å². The maximum atomic E-state index is 5.69. The van der Waals surface area contributed by atoms with E-state index in [2.05, 4.69) is 36.3 Å². The van der Waals surface area contributed by atoms with Gasteiger partial charge < -0.3 is 4.90 Å². The third kappa shape index (κ3) is 2.68. The molecule has 0 saturated carbocycles. The maximum Gasteiger partial charge on any atom is 0.225 e. The third-order valence-corrected chi connectivity index (χ3v) is 6.06. The lowest BCUT2D eigenvalue weighted by molar-refractivity contribution is 0.194. The number of aromatic nitrogens is 5. The Morgan fingerprint density at radius 2 is 1.77 bits per heavy atom. The average Bonchev–Trinajstić information content (AvgIpc) is 3.20. The van der Waals surface area contributed by atoms with E-state index in [1.54, 1.807) is 23.7 Å². The topological polar surface area (TPSA) is 54.5 Å². The van der Waals surface area contributed by atoms with Gasteiger partial charge in [0.15, 0.2) is 0 Å². The Morgan fingerprint density at radius 3 is 2.58 bits per heavy atom. The highest BCUT2D eigenvalue weighted by atomic mass is 32.1. The summed E-state index contributed by atoms with van der Waals surface area (Å²) in [7, 11) is 0. The van der Waals surface area contributed by atoms with Crippen LogP contribution in [-0.4, -0.2) is 55.2 Å². The number of nitrogens with zero attached hydrogens (tertiary/aromatic N) is 7. The molecule has 0 radical (unpaired) electrons. The van der Waals surface area contributed by atoms with Crippen molar-refractivity contribution in [3.05, 3.63) is 47.5 Å². The van der Waals surface area contributed by atoms with E-state index in [1.807, 2.05) is 22.9 Å². The number of hydrogen-bond acceptors (Lipinski definition) is 7. The molecule has 5 rings (SSSR count). The van der Waals surface area contributed by atoms with E-state index in [0.717, 1.165) is 47.4 Å². The lowest BCUT2D eigenvalue weighted by Gasteiger charge is -2.34. The Labute approximate surface area is 159 Å². The van der Waals surface area contributed by atoms with Crippen LogP contribution in [0.25, 0.3) is 15.2 Å². The molecule has 26 heavy (non-hydrogen) atoms. The minimum absolute atomic E-state index is 0.713. The first-order valence-electron chi connectivity index (χ1n) is 8.51. The molecule has 4 heterocycles. The second-order valence-corrected chi connectivity index (χ2v) is 7.64. The first-order chi connectivity index (χ1) is 12.8. The summed E-state index contributed by atoms with van der Waals surface area (Å²) >= 11 is 7.37. The lowest BCUT2D eigenvalue weighted by Crippen LogP contribution is -2.47. The smallest absolute Gasteiger partial charge is 0.225 e. The highest BCUT2D eigenvalue weighted by Crippen LogP contribution is 2.25. The van der Waals surface area contributed by atoms with Crippen molar-refractivity contribution >= 4 is 44.7 Å². The zero-order valence-corrected chi connectivity index (χ0v) is 15.7. The Balaban J connectivity index is 1.34. The van der Waals surface area contributed by atoms with Crippen molar-refractivity contribution in [1.82, 2.24) is 29.0 Å². The first kappa shape index (κ1) is 15.9. The Bertz CT molecular complexity index is 1110. The number of anilines is 1. The number of thiazole rings is 1. The summed E-state index contributed by atoms with van der Waals surface area (Å²) in [6.45, 7) is 4.40. The highest BCUT2D eigenvalue weighted by Gasteiger charge is 2.20. The van der Waals surface area contributed by atoms with Crippen molar-refractivity contribution in [3.8, 4) is 0 Å². The molecule has 9 heteroatoms. The molecular weight excluding hydrogens is 366 g/mol. The van der Waals surface area contributed by atoms with Crippen LogP contribution in [-0.2, 0) is 6.67 Å². The number of piperazine rings is 1. The molecule has 1 aromatic carbocycles. The average molecular weight is 384 g/mol. The zero-order valence-electron chi connectivity index (χ0n) is 14.0.